The summed E-state index contributed by atoms with van der Waals surface area (Å²) in [5.41, 5.74) is 6.87. The van der Waals surface area contributed by atoms with E-state index in [-0.39, 0.29) is 0 Å². The summed E-state index contributed by atoms with van der Waals surface area (Å²) in [4.78, 5) is 0. The van der Waals surface area contributed by atoms with Crippen LogP contribution in [-0.4, -0.2) is 25.3 Å². The SMILES string of the molecule is Nc1cc(Br)cc(Oc2ccc3nnnn3n2)c1. The minimum Gasteiger partial charge on any atom is -0.437 e. The predicted molar refractivity (Wildman–Crippen MR) is 67.2 cm³/mol. The summed E-state index contributed by atoms with van der Waals surface area (Å²) in [6.45, 7) is 0. The molecule has 0 unspecified atom stereocenters. The number of hydrogen-bond donors (Lipinski definition) is 1. The molecule has 0 fully saturated rings. The number of rotatable bonds is 2. The maximum Gasteiger partial charge on any atom is 0.239 e. The van der Waals surface area contributed by atoms with Gasteiger partial charge in [-0.05, 0) is 28.6 Å². The number of nitrogens with zero attached hydrogens (tertiary/aromatic N) is 5. The second-order valence-electron chi connectivity index (χ2n) is 3.52. The van der Waals surface area contributed by atoms with Gasteiger partial charge in [-0.2, -0.15) is 0 Å². The smallest absolute Gasteiger partial charge is 0.239 e. The van der Waals surface area contributed by atoms with Crippen LogP contribution in [0.5, 0.6) is 11.6 Å². The molecule has 1 aromatic carbocycles. The van der Waals surface area contributed by atoms with E-state index in [1.165, 1.54) is 4.63 Å². The number of tetrazole rings is 1. The second kappa shape index (κ2) is 4.22. The summed E-state index contributed by atoms with van der Waals surface area (Å²) in [5.74, 6) is 0.967. The summed E-state index contributed by atoms with van der Waals surface area (Å²) in [7, 11) is 0. The van der Waals surface area contributed by atoms with Crippen LogP contribution in [0.4, 0.5) is 5.69 Å². The van der Waals surface area contributed by atoms with Crippen molar-refractivity contribution in [2.45, 2.75) is 0 Å². The van der Waals surface area contributed by atoms with Crippen LogP contribution in [0.15, 0.2) is 34.8 Å². The first-order valence-electron chi connectivity index (χ1n) is 5.00. The molecule has 3 rings (SSSR count). The minimum atomic E-state index is 0.382. The molecule has 0 aliphatic heterocycles. The molecule has 18 heavy (non-hydrogen) atoms. The lowest BCUT2D eigenvalue weighted by atomic mass is 10.3. The molecule has 0 saturated heterocycles. The van der Waals surface area contributed by atoms with Crippen molar-refractivity contribution in [2.75, 3.05) is 5.73 Å². The Kier molecular flexibility index (Phi) is 2.56. The zero-order valence-electron chi connectivity index (χ0n) is 8.99. The molecule has 8 heteroatoms. The van der Waals surface area contributed by atoms with Gasteiger partial charge in [0.05, 0.1) is 0 Å². The number of ether oxygens (including phenoxy) is 1. The van der Waals surface area contributed by atoms with Crippen LogP contribution in [0.3, 0.4) is 0 Å². The Morgan fingerprint density at radius 1 is 1.22 bits per heavy atom. The summed E-state index contributed by atoms with van der Waals surface area (Å²) >= 11 is 3.34. The van der Waals surface area contributed by atoms with Crippen LogP contribution in [0.2, 0.25) is 0 Å². The molecule has 0 bridgehead atoms. The lowest BCUT2D eigenvalue weighted by molar-refractivity contribution is 0.447. The van der Waals surface area contributed by atoms with Crippen LogP contribution in [0.25, 0.3) is 5.65 Å². The summed E-state index contributed by atoms with van der Waals surface area (Å²) < 4.78 is 7.70. The molecule has 0 saturated carbocycles. The summed E-state index contributed by atoms with van der Waals surface area (Å²) in [6.07, 6.45) is 0. The third-order valence-electron chi connectivity index (χ3n) is 2.16. The Labute approximate surface area is 110 Å². The van der Waals surface area contributed by atoms with Gasteiger partial charge >= 0.3 is 0 Å². The van der Waals surface area contributed by atoms with Crippen LogP contribution in [0.1, 0.15) is 0 Å². The Bertz CT molecular complexity index is 692. The number of aromatic nitrogens is 5. The zero-order valence-corrected chi connectivity index (χ0v) is 10.6. The van der Waals surface area contributed by atoms with Gasteiger partial charge in [0.1, 0.15) is 5.75 Å². The fraction of sp³-hybridized carbons (Fsp3) is 0. The lowest BCUT2D eigenvalue weighted by Gasteiger charge is -2.05. The number of fused-ring (bicyclic) bond motifs is 1. The Morgan fingerprint density at radius 3 is 2.94 bits per heavy atom. The molecule has 7 nitrogen and oxygen atoms in total. The van der Waals surface area contributed by atoms with Crippen LogP contribution in [0, 0.1) is 0 Å². The summed E-state index contributed by atoms with van der Waals surface area (Å²) in [6, 6.07) is 8.68. The first kappa shape index (κ1) is 10.9. The average molecular weight is 307 g/mol. The molecule has 0 atom stereocenters. The standard InChI is InChI=1S/C10H7BrN6O/c11-6-3-7(12)5-8(4-6)18-10-2-1-9-13-15-16-17(9)14-10/h1-5H,12H2. The van der Waals surface area contributed by atoms with Crippen LogP contribution >= 0.6 is 15.9 Å². The van der Waals surface area contributed by atoms with Crippen molar-refractivity contribution in [1.29, 1.82) is 0 Å². The third kappa shape index (κ3) is 2.09. The molecule has 3 aromatic rings. The molecular formula is C10H7BrN6O. The van der Waals surface area contributed by atoms with Crippen molar-refractivity contribution in [3.63, 3.8) is 0 Å². The molecule has 90 valence electrons. The first-order chi connectivity index (χ1) is 8.70. The van der Waals surface area contributed by atoms with E-state index in [1.54, 1.807) is 30.3 Å². The molecule has 0 amide bonds. The Balaban J connectivity index is 1.95. The Morgan fingerprint density at radius 2 is 2.11 bits per heavy atom. The highest BCUT2D eigenvalue weighted by molar-refractivity contribution is 9.10. The Hall–Kier alpha value is -2.22. The van der Waals surface area contributed by atoms with Crippen LogP contribution < -0.4 is 10.5 Å². The molecule has 0 spiro atoms. The van der Waals surface area contributed by atoms with Gasteiger partial charge in [0.15, 0.2) is 5.65 Å². The first-order valence-corrected chi connectivity index (χ1v) is 5.79. The van der Waals surface area contributed by atoms with E-state index in [2.05, 4.69) is 36.6 Å². The number of hydrogen-bond acceptors (Lipinski definition) is 6. The highest BCUT2D eigenvalue weighted by Crippen LogP contribution is 2.26. The van der Waals surface area contributed by atoms with Gasteiger partial charge in [0.2, 0.25) is 5.88 Å². The van der Waals surface area contributed by atoms with E-state index in [9.17, 15) is 0 Å². The molecule has 2 N–H and O–H groups in total. The third-order valence-corrected chi connectivity index (χ3v) is 2.62. The number of nitrogen functional groups attached to an aromatic ring is 1. The van der Waals surface area contributed by atoms with Gasteiger partial charge in [-0.15, -0.1) is 14.8 Å². The maximum atomic E-state index is 5.72. The van der Waals surface area contributed by atoms with E-state index in [4.69, 9.17) is 10.5 Å². The average Bonchev–Trinajstić information content (AvgIpc) is 2.74. The topological polar surface area (TPSA) is 91.2 Å². The zero-order chi connectivity index (χ0) is 12.5. The van der Waals surface area contributed by atoms with E-state index in [0.717, 1.165) is 4.47 Å². The van der Waals surface area contributed by atoms with E-state index in [0.29, 0.717) is 23.0 Å². The second-order valence-corrected chi connectivity index (χ2v) is 4.44. The number of anilines is 1. The van der Waals surface area contributed by atoms with E-state index >= 15 is 0 Å². The fourth-order valence-electron chi connectivity index (χ4n) is 1.45. The lowest BCUT2D eigenvalue weighted by Crippen LogP contribution is -1.97. The van der Waals surface area contributed by atoms with Gasteiger partial charge in [-0.1, -0.05) is 15.9 Å². The molecular weight excluding hydrogens is 300 g/mol. The van der Waals surface area contributed by atoms with E-state index < -0.39 is 0 Å². The van der Waals surface area contributed by atoms with E-state index in [1.807, 2.05) is 0 Å². The van der Waals surface area contributed by atoms with Gasteiger partial charge in [-0.3, -0.25) is 0 Å². The van der Waals surface area contributed by atoms with Crippen molar-refractivity contribution < 1.29 is 4.74 Å². The van der Waals surface area contributed by atoms with Crippen molar-refractivity contribution in [1.82, 2.24) is 25.3 Å². The molecule has 0 aliphatic rings. The van der Waals surface area contributed by atoms with Crippen molar-refractivity contribution in [3.05, 3.63) is 34.8 Å². The quantitative estimate of drug-likeness (QED) is 0.724. The van der Waals surface area contributed by atoms with Crippen molar-refractivity contribution in [2.24, 2.45) is 0 Å². The van der Waals surface area contributed by atoms with Crippen molar-refractivity contribution >= 4 is 27.3 Å². The molecule has 0 radical (unpaired) electrons. The maximum absolute atomic E-state index is 5.72. The number of nitrogens with two attached hydrogens (primary N) is 1. The fourth-order valence-corrected chi connectivity index (χ4v) is 1.94. The highest BCUT2D eigenvalue weighted by atomic mass is 79.9. The normalized spacial score (nSPS) is 10.7. The minimum absolute atomic E-state index is 0.382. The number of benzene rings is 1. The van der Waals surface area contributed by atoms with Crippen molar-refractivity contribution in [3.8, 4) is 11.6 Å². The van der Waals surface area contributed by atoms with Crippen LogP contribution in [-0.2, 0) is 0 Å². The molecule has 2 heterocycles. The largest absolute Gasteiger partial charge is 0.437 e. The number of halogens is 1. The predicted octanol–water partition coefficient (Wildman–Crippen LogP) is 1.66. The summed E-state index contributed by atoms with van der Waals surface area (Å²) in [5, 5.41) is 15.0. The van der Waals surface area contributed by atoms with Gasteiger partial charge < -0.3 is 10.5 Å². The molecule has 2 aromatic heterocycles. The monoisotopic (exact) mass is 306 g/mol. The van der Waals surface area contributed by atoms with Gasteiger partial charge in [-0.25, -0.2) is 0 Å². The molecule has 0 aliphatic carbocycles. The highest BCUT2D eigenvalue weighted by Gasteiger charge is 2.04. The van der Waals surface area contributed by atoms with Gasteiger partial charge in [0.25, 0.3) is 0 Å². The van der Waals surface area contributed by atoms with Gasteiger partial charge in [0, 0.05) is 22.3 Å².